The molecule has 0 aliphatic heterocycles. The van der Waals surface area contributed by atoms with Crippen molar-refractivity contribution in [3.8, 4) is 0 Å². The van der Waals surface area contributed by atoms with Crippen LogP contribution in [0.4, 0.5) is 18.9 Å². The first-order valence-corrected chi connectivity index (χ1v) is 7.43. The molecule has 0 atom stereocenters. The van der Waals surface area contributed by atoms with E-state index in [0.717, 1.165) is 6.07 Å². The van der Waals surface area contributed by atoms with Gasteiger partial charge in [-0.3, -0.25) is 0 Å². The molecule has 0 saturated heterocycles. The molecule has 0 fully saturated rings. The van der Waals surface area contributed by atoms with Crippen LogP contribution in [0.25, 0.3) is 0 Å². The average molecular weight is 319 g/mol. The number of rotatable bonds is 5. The number of imidazole rings is 1. The van der Waals surface area contributed by atoms with Gasteiger partial charge in [0.2, 0.25) is 0 Å². The molecule has 21 heavy (non-hydrogen) atoms. The van der Waals surface area contributed by atoms with E-state index in [2.05, 4.69) is 15.3 Å². The van der Waals surface area contributed by atoms with Crippen LogP contribution < -0.4 is 5.32 Å². The topological polar surface area (TPSA) is 74.8 Å². The molecule has 9 heteroatoms. The van der Waals surface area contributed by atoms with Crippen LogP contribution >= 0.6 is 0 Å². The lowest BCUT2D eigenvalue weighted by Crippen LogP contribution is -2.24. The minimum absolute atomic E-state index is 0.0821. The Morgan fingerprint density at radius 3 is 2.57 bits per heavy atom. The summed E-state index contributed by atoms with van der Waals surface area (Å²) in [6.45, 7) is 0.248. The van der Waals surface area contributed by atoms with Crippen LogP contribution in [0.2, 0.25) is 0 Å². The SMILES string of the molecule is O=S(=O)(c1ccccc1NCCc1ncc[nH]1)C(F)(F)F. The summed E-state index contributed by atoms with van der Waals surface area (Å²) in [5, 5.41) is 2.69. The second kappa shape index (κ2) is 5.76. The number of para-hydroxylation sites is 1. The lowest BCUT2D eigenvalue weighted by molar-refractivity contribution is -0.0435. The molecule has 2 rings (SSSR count). The number of hydrogen-bond acceptors (Lipinski definition) is 4. The first-order chi connectivity index (χ1) is 9.82. The van der Waals surface area contributed by atoms with Gasteiger partial charge in [0.15, 0.2) is 0 Å². The summed E-state index contributed by atoms with van der Waals surface area (Å²) < 4.78 is 60.8. The van der Waals surface area contributed by atoms with E-state index in [1.165, 1.54) is 18.2 Å². The number of anilines is 1. The highest BCUT2D eigenvalue weighted by atomic mass is 32.2. The Hall–Kier alpha value is -2.03. The highest BCUT2D eigenvalue weighted by Gasteiger charge is 2.47. The number of aromatic nitrogens is 2. The molecule has 0 saturated carbocycles. The van der Waals surface area contributed by atoms with Crippen LogP contribution in [0, 0.1) is 0 Å². The number of benzene rings is 1. The maximum absolute atomic E-state index is 12.6. The number of H-pyrrole nitrogens is 1. The van der Waals surface area contributed by atoms with Crippen molar-refractivity contribution < 1.29 is 21.6 Å². The molecular weight excluding hydrogens is 307 g/mol. The molecule has 114 valence electrons. The zero-order chi connectivity index (χ0) is 15.5. The molecule has 1 aromatic carbocycles. The Bertz CT molecular complexity index is 697. The molecule has 0 unspecified atom stereocenters. The minimum atomic E-state index is -5.38. The fourth-order valence-electron chi connectivity index (χ4n) is 1.72. The fraction of sp³-hybridized carbons (Fsp3) is 0.250. The third kappa shape index (κ3) is 3.35. The highest BCUT2D eigenvalue weighted by Crippen LogP contribution is 2.34. The van der Waals surface area contributed by atoms with Crippen LogP contribution in [0.5, 0.6) is 0 Å². The van der Waals surface area contributed by atoms with Crippen molar-refractivity contribution in [2.75, 3.05) is 11.9 Å². The summed E-state index contributed by atoms with van der Waals surface area (Å²) in [5.74, 6) is 0.652. The van der Waals surface area contributed by atoms with Crippen molar-refractivity contribution in [2.45, 2.75) is 16.8 Å². The Kier molecular flexibility index (Phi) is 4.21. The Balaban J connectivity index is 2.18. The van der Waals surface area contributed by atoms with Gasteiger partial charge in [-0.1, -0.05) is 12.1 Å². The quantitative estimate of drug-likeness (QED) is 0.887. The van der Waals surface area contributed by atoms with Crippen molar-refractivity contribution in [2.24, 2.45) is 0 Å². The zero-order valence-electron chi connectivity index (χ0n) is 10.7. The van der Waals surface area contributed by atoms with E-state index in [1.54, 1.807) is 12.4 Å². The molecule has 1 aromatic heterocycles. The third-order valence-electron chi connectivity index (χ3n) is 2.71. The molecule has 5 nitrogen and oxygen atoms in total. The van der Waals surface area contributed by atoms with Gasteiger partial charge in [0.1, 0.15) is 5.82 Å². The number of aromatic amines is 1. The second-order valence-corrected chi connectivity index (χ2v) is 6.07. The summed E-state index contributed by atoms with van der Waals surface area (Å²) in [7, 11) is -5.38. The van der Waals surface area contributed by atoms with E-state index in [1.807, 2.05) is 0 Å². The van der Waals surface area contributed by atoms with E-state index in [-0.39, 0.29) is 12.2 Å². The Labute approximate surface area is 119 Å². The molecule has 0 amide bonds. The molecular formula is C12H12F3N3O2S. The first kappa shape index (κ1) is 15.4. The normalized spacial score (nSPS) is 12.3. The number of alkyl halides is 3. The zero-order valence-corrected chi connectivity index (χ0v) is 11.5. The van der Waals surface area contributed by atoms with Crippen LogP contribution in [0.15, 0.2) is 41.6 Å². The van der Waals surface area contributed by atoms with Crippen molar-refractivity contribution in [3.63, 3.8) is 0 Å². The molecule has 0 radical (unpaired) electrons. The summed E-state index contributed by atoms with van der Waals surface area (Å²) in [4.78, 5) is 6.03. The number of sulfone groups is 1. The van der Waals surface area contributed by atoms with Gasteiger partial charge >= 0.3 is 5.51 Å². The van der Waals surface area contributed by atoms with Gasteiger partial charge in [0, 0.05) is 25.4 Å². The first-order valence-electron chi connectivity index (χ1n) is 5.95. The van der Waals surface area contributed by atoms with Gasteiger partial charge in [-0.05, 0) is 12.1 Å². The number of halogens is 3. The largest absolute Gasteiger partial charge is 0.501 e. The monoisotopic (exact) mass is 319 g/mol. The summed E-state index contributed by atoms with van der Waals surface area (Å²) in [6, 6.07) is 4.93. The van der Waals surface area contributed by atoms with Gasteiger partial charge in [0.25, 0.3) is 9.84 Å². The molecule has 0 aliphatic carbocycles. The van der Waals surface area contributed by atoms with E-state index in [9.17, 15) is 21.6 Å². The number of nitrogens with one attached hydrogen (secondary N) is 2. The Morgan fingerprint density at radius 2 is 1.95 bits per heavy atom. The van der Waals surface area contributed by atoms with Crippen molar-refractivity contribution >= 4 is 15.5 Å². The number of nitrogens with zero attached hydrogens (tertiary/aromatic N) is 1. The maximum atomic E-state index is 12.6. The van der Waals surface area contributed by atoms with Gasteiger partial charge < -0.3 is 10.3 Å². The smallest absolute Gasteiger partial charge is 0.384 e. The van der Waals surface area contributed by atoms with Crippen molar-refractivity contribution in [1.82, 2.24) is 9.97 Å². The molecule has 0 bridgehead atoms. The third-order valence-corrected chi connectivity index (χ3v) is 4.26. The van der Waals surface area contributed by atoms with E-state index in [4.69, 9.17) is 0 Å². The van der Waals surface area contributed by atoms with Crippen LogP contribution in [0.1, 0.15) is 5.82 Å². The molecule has 0 spiro atoms. The average Bonchev–Trinajstić information content (AvgIpc) is 2.91. The predicted molar refractivity (Wildman–Crippen MR) is 70.5 cm³/mol. The van der Waals surface area contributed by atoms with Crippen LogP contribution in [0.3, 0.4) is 0 Å². The highest BCUT2D eigenvalue weighted by molar-refractivity contribution is 7.92. The van der Waals surface area contributed by atoms with Gasteiger partial charge in [0.05, 0.1) is 10.6 Å². The lowest BCUT2D eigenvalue weighted by Gasteiger charge is -2.13. The van der Waals surface area contributed by atoms with Crippen LogP contribution in [-0.4, -0.2) is 30.4 Å². The van der Waals surface area contributed by atoms with Gasteiger partial charge in [-0.2, -0.15) is 13.2 Å². The van der Waals surface area contributed by atoms with Crippen LogP contribution in [-0.2, 0) is 16.3 Å². The second-order valence-electron chi connectivity index (χ2n) is 4.16. The van der Waals surface area contributed by atoms with E-state index >= 15 is 0 Å². The van der Waals surface area contributed by atoms with E-state index in [0.29, 0.717) is 12.2 Å². The Morgan fingerprint density at radius 1 is 1.24 bits per heavy atom. The van der Waals surface area contributed by atoms with E-state index < -0.39 is 20.2 Å². The summed E-state index contributed by atoms with van der Waals surface area (Å²) in [6.07, 6.45) is 3.60. The maximum Gasteiger partial charge on any atom is 0.501 e. The van der Waals surface area contributed by atoms with Gasteiger partial charge in [-0.25, -0.2) is 13.4 Å². The minimum Gasteiger partial charge on any atom is -0.384 e. The standard InChI is InChI=1S/C12H12F3N3O2S/c13-12(14,15)21(19,20)10-4-2-1-3-9(10)16-6-5-11-17-7-8-18-11/h1-4,7-8,16H,5-6H2,(H,17,18). The van der Waals surface area contributed by atoms with Crippen molar-refractivity contribution in [3.05, 3.63) is 42.5 Å². The molecule has 0 aliphatic rings. The van der Waals surface area contributed by atoms with Crippen molar-refractivity contribution in [1.29, 1.82) is 0 Å². The predicted octanol–water partition coefficient (Wildman–Crippen LogP) is 2.36. The summed E-state index contributed by atoms with van der Waals surface area (Å²) >= 11 is 0. The summed E-state index contributed by atoms with van der Waals surface area (Å²) in [5.41, 5.74) is -5.41. The number of hydrogen-bond donors (Lipinski definition) is 2. The molecule has 1 heterocycles. The molecule has 2 N–H and O–H groups in total. The molecule has 2 aromatic rings. The van der Waals surface area contributed by atoms with Gasteiger partial charge in [-0.15, -0.1) is 0 Å². The lowest BCUT2D eigenvalue weighted by atomic mass is 10.3. The fourth-order valence-corrected chi connectivity index (χ4v) is 2.66.